The van der Waals surface area contributed by atoms with E-state index in [9.17, 15) is 9.18 Å². The molecule has 0 saturated heterocycles. The van der Waals surface area contributed by atoms with E-state index in [2.05, 4.69) is 0 Å². The van der Waals surface area contributed by atoms with Crippen molar-refractivity contribution in [2.24, 2.45) is 0 Å². The molecule has 0 aliphatic carbocycles. The summed E-state index contributed by atoms with van der Waals surface area (Å²) in [4.78, 5) is 11.0. The smallest absolute Gasteiger partial charge is 0.338 e. The number of carboxylic acid groups (broad SMARTS) is 1. The summed E-state index contributed by atoms with van der Waals surface area (Å²) in [6.07, 6.45) is 0. The number of ether oxygens (including phenoxy) is 2. The number of halogens is 1. The molecule has 4 nitrogen and oxygen atoms in total. The molecule has 0 aromatic heterocycles. The Bertz CT molecular complexity index is 630. The van der Waals surface area contributed by atoms with Gasteiger partial charge in [-0.05, 0) is 29.8 Å². The molecule has 0 spiro atoms. The fraction of sp³-hybridized carbons (Fsp3) is 0.133. The van der Waals surface area contributed by atoms with Crippen LogP contribution in [0, 0.1) is 5.82 Å². The Hall–Kier alpha value is -2.56. The van der Waals surface area contributed by atoms with Crippen molar-refractivity contribution in [2.75, 3.05) is 14.2 Å². The second-order valence-electron chi connectivity index (χ2n) is 4.04. The van der Waals surface area contributed by atoms with E-state index in [1.165, 1.54) is 26.4 Å². The van der Waals surface area contributed by atoms with Crippen LogP contribution >= 0.6 is 0 Å². The van der Waals surface area contributed by atoms with Gasteiger partial charge in [-0.15, -0.1) is 0 Å². The molecule has 0 unspecified atom stereocenters. The third-order valence-electron chi connectivity index (χ3n) is 2.91. The van der Waals surface area contributed by atoms with Crippen LogP contribution in [0.3, 0.4) is 0 Å². The van der Waals surface area contributed by atoms with Gasteiger partial charge in [0.1, 0.15) is 17.3 Å². The van der Waals surface area contributed by atoms with E-state index in [0.717, 1.165) is 6.07 Å². The molecule has 0 saturated carbocycles. The van der Waals surface area contributed by atoms with Crippen molar-refractivity contribution >= 4 is 5.97 Å². The lowest BCUT2D eigenvalue weighted by molar-refractivity contribution is 0.0692. The topological polar surface area (TPSA) is 55.8 Å². The summed E-state index contributed by atoms with van der Waals surface area (Å²) in [7, 11) is 3.00. The van der Waals surface area contributed by atoms with Gasteiger partial charge in [-0.1, -0.05) is 12.1 Å². The molecule has 20 heavy (non-hydrogen) atoms. The first-order chi connectivity index (χ1) is 9.58. The molecule has 2 rings (SSSR count). The minimum absolute atomic E-state index is 0.393. The van der Waals surface area contributed by atoms with Gasteiger partial charge in [0.05, 0.1) is 25.3 Å². The van der Waals surface area contributed by atoms with Crippen LogP contribution in [0.4, 0.5) is 4.39 Å². The van der Waals surface area contributed by atoms with Crippen LogP contribution in [0.1, 0.15) is 10.4 Å². The standard InChI is InChI=1S/C15H13FO4/c1-19-12-4-3-5-13(20-2)14(12)9-6-7-11(16)10(8-9)15(17)18/h3-8H,1-2H3,(H,17,18). The maximum atomic E-state index is 13.5. The highest BCUT2D eigenvalue weighted by molar-refractivity contribution is 5.90. The average molecular weight is 276 g/mol. The molecule has 0 heterocycles. The molecule has 0 aliphatic heterocycles. The molecule has 2 aromatic carbocycles. The fourth-order valence-electron chi connectivity index (χ4n) is 1.98. The van der Waals surface area contributed by atoms with Crippen molar-refractivity contribution in [1.29, 1.82) is 0 Å². The lowest BCUT2D eigenvalue weighted by atomic mass is 10.0. The minimum Gasteiger partial charge on any atom is -0.496 e. The summed E-state index contributed by atoms with van der Waals surface area (Å²) in [6.45, 7) is 0. The van der Waals surface area contributed by atoms with Crippen LogP contribution in [0.5, 0.6) is 11.5 Å². The molecule has 104 valence electrons. The van der Waals surface area contributed by atoms with E-state index >= 15 is 0 Å². The molecule has 1 N–H and O–H groups in total. The maximum Gasteiger partial charge on any atom is 0.338 e. The van der Waals surface area contributed by atoms with E-state index in [0.29, 0.717) is 22.6 Å². The van der Waals surface area contributed by atoms with Gasteiger partial charge < -0.3 is 14.6 Å². The maximum absolute atomic E-state index is 13.5. The van der Waals surface area contributed by atoms with E-state index in [4.69, 9.17) is 14.6 Å². The van der Waals surface area contributed by atoms with Crippen LogP contribution in [-0.2, 0) is 0 Å². The number of benzene rings is 2. The van der Waals surface area contributed by atoms with Gasteiger partial charge in [0.15, 0.2) is 0 Å². The first-order valence-corrected chi connectivity index (χ1v) is 5.82. The van der Waals surface area contributed by atoms with Crippen LogP contribution in [0.15, 0.2) is 36.4 Å². The highest BCUT2D eigenvalue weighted by Gasteiger charge is 2.16. The monoisotopic (exact) mass is 276 g/mol. The van der Waals surface area contributed by atoms with E-state index in [1.54, 1.807) is 18.2 Å². The Morgan fingerprint density at radius 3 is 2.20 bits per heavy atom. The average Bonchev–Trinajstić information content (AvgIpc) is 2.46. The van der Waals surface area contributed by atoms with Crippen molar-refractivity contribution < 1.29 is 23.8 Å². The lowest BCUT2D eigenvalue weighted by Gasteiger charge is -2.13. The molecule has 0 atom stereocenters. The zero-order valence-corrected chi connectivity index (χ0v) is 11.0. The lowest BCUT2D eigenvalue weighted by Crippen LogP contribution is -2.01. The van der Waals surface area contributed by atoms with Crippen LogP contribution < -0.4 is 9.47 Å². The second-order valence-corrected chi connectivity index (χ2v) is 4.04. The van der Waals surface area contributed by atoms with E-state index in [1.807, 2.05) is 0 Å². The van der Waals surface area contributed by atoms with Crippen LogP contribution in [0.25, 0.3) is 11.1 Å². The summed E-state index contributed by atoms with van der Waals surface area (Å²) in [5.74, 6) is -1.06. The minimum atomic E-state index is -1.32. The largest absolute Gasteiger partial charge is 0.496 e. The van der Waals surface area contributed by atoms with Crippen LogP contribution in [0.2, 0.25) is 0 Å². The van der Waals surface area contributed by atoms with Crippen molar-refractivity contribution in [3.05, 3.63) is 47.8 Å². The summed E-state index contributed by atoms with van der Waals surface area (Å²) in [5.41, 5.74) is 0.702. The number of hydrogen-bond donors (Lipinski definition) is 1. The molecule has 0 fully saturated rings. The number of carbonyl (C=O) groups is 1. The highest BCUT2D eigenvalue weighted by Crippen LogP contribution is 2.38. The number of aromatic carboxylic acids is 1. The van der Waals surface area contributed by atoms with E-state index < -0.39 is 17.3 Å². The van der Waals surface area contributed by atoms with Gasteiger partial charge >= 0.3 is 5.97 Å². The number of methoxy groups -OCH3 is 2. The van der Waals surface area contributed by atoms with Gasteiger partial charge in [-0.25, -0.2) is 9.18 Å². The Labute approximate surface area is 115 Å². The number of carboxylic acids is 1. The van der Waals surface area contributed by atoms with Gasteiger partial charge in [-0.3, -0.25) is 0 Å². The molecule has 2 aromatic rings. The van der Waals surface area contributed by atoms with E-state index in [-0.39, 0.29) is 0 Å². The van der Waals surface area contributed by atoms with Crippen molar-refractivity contribution in [1.82, 2.24) is 0 Å². The normalized spacial score (nSPS) is 10.2. The molecule has 5 heteroatoms. The zero-order valence-electron chi connectivity index (χ0n) is 11.0. The quantitative estimate of drug-likeness (QED) is 0.931. The summed E-state index contributed by atoms with van der Waals surface area (Å²) < 4.78 is 24.0. The highest BCUT2D eigenvalue weighted by atomic mass is 19.1. The molecular formula is C15H13FO4. The zero-order chi connectivity index (χ0) is 14.7. The first kappa shape index (κ1) is 13.9. The third kappa shape index (κ3) is 2.42. The molecule has 0 radical (unpaired) electrons. The fourth-order valence-corrected chi connectivity index (χ4v) is 1.98. The molecular weight excluding hydrogens is 263 g/mol. The number of rotatable bonds is 4. The Balaban J connectivity index is 2.68. The predicted octanol–water partition coefficient (Wildman–Crippen LogP) is 3.21. The third-order valence-corrected chi connectivity index (χ3v) is 2.91. The van der Waals surface area contributed by atoms with Crippen molar-refractivity contribution in [3.63, 3.8) is 0 Å². The van der Waals surface area contributed by atoms with Crippen LogP contribution in [-0.4, -0.2) is 25.3 Å². The van der Waals surface area contributed by atoms with Gasteiger partial charge in [0.25, 0.3) is 0 Å². The summed E-state index contributed by atoms with van der Waals surface area (Å²) >= 11 is 0. The Kier molecular flexibility index (Phi) is 3.89. The number of hydrogen-bond acceptors (Lipinski definition) is 3. The first-order valence-electron chi connectivity index (χ1n) is 5.82. The molecule has 0 bridgehead atoms. The second kappa shape index (κ2) is 5.61. The van der Waals surface area contributed by atoms with Gasteiger partial charge in [0.2, 0.25) is 0 Å². The van der Waals surface area contributed by atoms with Crippen molar-refractivity contribution in [2.45, 2.75) is 0 Å². The van der Waals surface area contributed by atoms with Gasteiger partial charge in [0, 0.05) is 0 Å². The Morgan fingerprint density at radius 2 is 1.70 bits per heavy atom. The summed E-state index contributed by atoms with van der Waals surface area (Å²) in [6, 6.07) is 9.07. The Morgan fingerprint density at radius 1 is 1.10 bits per heavy atom. The molecule has 0 aliphatic rings. The SMILES string of the molecule is COc1cccc(OC)c1-c1ccc(F)c(C(=O)O)c1. The van der Waals surface area contributed by atoms with Crippen molar-refractivity contribution in [3.8, 4) is 22.6 Å². The molecule has 0 amide bonds. The summed E-state index contributed by atoms with van der Waals surface area (Å²) in [5, 5.41) is 8.99. The van der Waals surface area contributed by atoms with Gasteiger partial charge in [-0.2, -0.15) is 0 Å². The predicted molar refractivity (Wildman–Crippen MR) is 71.9 cm³/mol.